The summed E-state index contributed by atoms with van der Waals surface area (Å²) in [7, 11) is 0. The van der Waals surface area contributed by atoms with Crippen molar-refractivity contribution in [2.75, 3.05) is 0 Å². The highest BCUT2D eigenvalue weighted by Gasteiger charge is 2.10. The van der Waals surface area contributed by atoms with Crippen molar-refractivity contribution in [3.63, 3.8) is 0 Å². The van der Waals surface area contributed by atoms with Crippen LogP contribution in [-0.4, -0.2) is 10.2 Å². The molecular weight excluding hydrogens is 324 g/mol. The van der Waals surface area contributed by atoms with Gasteiger partial charge in [0.25, 0.3) is 5.22 Å². The van der Waals surface area contributed by atoms with E-state index in [1.165, 1.54) is 27.8 Å². The third kappa shape index (κ3) is 3.48. The van der Waals surface area contributed by atoms with Crippen molar-refractivity contribution in [2.45, 2.75) is 24.8 Å². The van der Waals surface area contributed by atoms with Gasteiger partial charge in [-0.1, -0.05) is 29.4 Å². The lowest BCUT2D eigenvalue weighted by atomic mass is 10.1. The Labute approximate surface area is 136 Å². The zero-order valence-electron chi connectivity index (χ0n) is 11.6. The minimum atomic E-state index is 0.560. The van der Waals surface area contributed by atoms with Crippen LogP contribution in [-0.2, 0) is 5.75 Å². The van der Waals surface area contributed by atoms with Gasteiger partial charge in [0.2, 0.25) is 5.89 Å². The van der Waals surface area contributed by atoms with Crippen LogP contribution < -0.4 is 0 Å². The standard InChI is InChI=1S/C15H13ClN2OS2/c1-9-3-4-11(7-10(9)2)14-17-18-15(19-14)20-8-12-5-6-13(16)21-12/h3-7H,8H2,1-2H3. The maximum absolute atomic E-state index is 5.91. The summed E-state index contributed by atoms with van der Waals surface area (Å²) in [6.07, 6.45) is 0. The molecule has 0 bridgehead atoms. The Morgan fingerprint density at radius 2 is 2.00 bits per heavy atom. The predicted molar refractivity (Wildman–Crippen MR) is 88.1 cm³/mol. The normalized spacial score (nSPS) is 11.0. The van der Waals surface area contributed by atoms with E-state index in [-0.39, 0.29) is 0 Å². The third-order valence-electron chi connectivity index (χ3n) is 3.13. The van der Waals surface area contributed by atoms with Gasteiger partial charge >= 0.3 is 0 Å². The Morgan fingerprint density at radius 1 is 1.14 bits per heavy atom. The first kappa shape index (κ1) is 14.6. The first-order valence-electron chi connectivity index (χ1n) is 6.40. The number of halogens is 1. The number of benzene rings is 1. The number of nitrogens with zero attached hydrogens (tertiary/aromatic N) is 2. The third-order valence-corrected chi connectivity index (χ3v) is 5.41. The molecule has 3 nitrogen and oxygen atoms in total. The summed E-state index contributed by atoms with van der Waals surface area (Å²) >= 11 is 9.00. The topological polar surface area (TPSA) is 38.9 Å². The second-order valence-electron chi connectivity index (χ2n) is 4.67. The van der Waals surface area contributed by atoms with Crippen molar-refractivity contribution in [1.29, 1.82) is 0 Å². The molecule has 0 aliphatic carbocycles. The quantitative estimate of drug-likeness (QED) is 0.601. The Balaban J connectivity index is 1.72. The Hall–Kier alpha value is -1.30. The molecule has 3 aromatic rings. The molecule has 0 amide bonds. The van der Waals surface area contributed by atoms with Gasteiger partial charge in [0.1, 0.15) is 0 Å². The van der Waals surface area contributed by atoms with E-state index < -0.39 is 0 Å². The number of rotatable bonds is 4. The van der Waals surface area contributed by atoms with Gasteiger partial charge in [-0.2, -0.15) is 0 Å². The van der Waals surface area contributed by atoms with Crippen molar-refractivity contribution in [3.8, 4) is 11.5 Å². The summed E-state index contributed by atoms with van der Waals surface area (Å²) in [6, 6.07) is 10.0. The molecule has 0 unspecified atom stereocenters. The van der Waals surface area contributed by atoms with Crippen LogP contribution in [0.5, 0.6) is 0 Å². The first-order chi connectivity index (χ1) is 10.1. The molecule has 6 heteroatoms. The molecule has 0 fully saturated rings. The lowest BCUT2D eigenvalue weighted by molar-refractivity contribution is 0.466. The minimum absolute atomic E-state index is 0.560. The monoisotopic (exact) mass is 336 g/mol. The molecular formula is C15H13ClN2OS2. The van der Waals surface area contributed by atoms with Gasteiger partial charge in [0.05, 0.1) is 4.34 Å². The van der Waals surface area contributed by atoms with Crippen LogP contribution in [0.15, 0.2) is 40.0 Å². The summed E-state index contributed by atoms with van der Waals surface area (Å²) in [5, 5.41) is 8.78. The van der Waals surface area contributed by atoms with Crippen molar-refractivity contribution in [1.82, 2.24) is 10.2 Å². The van der Waals surface area contributed by atoms with E-state index in [1.807, 2.05) is 18.2 Å². The van der Waals surface area contributed by atoms with Gasteiger partial charge in [-0.3, -0.25) is 0 Å². The van der Waals surface area contributed by atoms with E-state index in [0.717, 1.165) is 15.7 Å². The molecule has 21 heavy (non-hydrogen) atoms. The molecule has 0 saturated heterocycles. The van der Waals surface area contributed by atoms with Crippen LogP contribution in [0.4, 0.5) is 0 Å². The number of hydrogen-bond donors (Lipinski definition) is 0. The highest BCUT2D eigenvalue weighted by atomic mass is 35.5. The second-order valence-corrected chi connectivity index (χ2v) is 7.39. The molecule has 0 aliphatic heterocycles. The average Bonchev–Trinajstić information content (AvgIpc) is 3.08. The van der Waals surface area contributed by atoms with Crippen LogP contribution in [0.2, 0.25) is 4.34 Å². The number of hydrogen-bond acceptors (Lipinski definition) is 5. The fourth-order valence-electron chi connectivity index (χ4n) is 1.82. The highest BCUT2D eigenvalue weighted by Crippen LogP contribution is 2.30. The van der Waals surface area contributed by atoms with Gasteiger partial charge in [0.15, 0.2) is 0 Å². The summed E-state index contributed by atoms with van der Waals surface area (Å²) in [5.74, 6) is 1.34. The SMILES string of the molecule is Cc1ccc(-c2nnc(SCc3ccc(Cl)s3)o2)cc1C. The molecule has 2 heterocycles. The second kappa shape index (κ2) is 6.22. The fourth-order valence-corrected chi connectivity index (χ4v) is 3.72. The van der Waals surface area contributed by atoms with E-state index in [2.05, 4.69) is 36.2 Å². The molecule has 0 saturated carbocycles. The molecule has 0 atom stereocenters. The molecule has 0 spiro atoms. The van der Waals surface area contributed by atoms with Crippen LogP contribution in [0, 0.1) is 13.8 Å². The van der Waals surface area contributed by atoms with Crippen LogP contribution in [0.25, 0.3) is 11.5 Å². The molecule has 0 radical (unpaired) electrons. The number of thioether (sulfide) groups is 1. The minimum Gasteiger partial charge on any atom is -0.411 e. The maximum Gasteiger partial charge on any atom is 0.277 e. The van der Waals surface area contributed by atoms with Crippen molar-refractivity contribution in [3.05, 3.63) is 50.7 Å². The number of thiophene rings is 1. The molecule has 108 valence electrons. The number of aryl methyl sites for hydroxylation is 2. The zero-order valence-corrected chi connectivity index (χ0v) is 14.0. The van der Waals surface area contributed by atoms with E-state index in [1.54, 1.807) is 11.3 Å². The van der Waals surface area contributed by atoms with Crippen LogP contribution >= 0.6 is 34.7 Å². The smallest absolute Gasteiger partial charge is 0.277 e. The van der Waals surface area contributed by atoms with Gasteiger partial charge in [-0.15, -0.1) is 21.5 Å². The zero-order chi connectivity index (χ0) is 14.8. The summed E-state index contributed by atoms with van der Waals surface area (Å²) in [6.45, 7) is 4.16. The van der Waals surface area contributed by atoms with Crippen molar-refractivity contribution in [2.24, 2.45) is 0 Å². The Morgan fingerprint density at radius 3 is 2.71 bits per heavy atom. The van der Waals surface area contributed by atoms with Gasteiger partial charge < -0.3 is 4.42 Å². The predicted octanol–water partition coefficient (Wildman–Crippen LogP) is 5.36. The molecule has 3 rings (SSSR count). The van der Waals surface area contributed by atoms with E-state index >= 15 is 0 Å². The average molecular weight is 337 g/mol. The van der Waals surface area contributed by atoms with Crippen molar-refractivity contribution < 1.29 is 4.42 Å². The summed E-state index contributed by atoms with van der Waals surface area (Å²) in [5.41, 5.74) is 3.42. The largest absolute Gasteiger partial charge is 0.411 e. The van der Waals surface area contributed by atoms with E-state index in [9.17, 15) is 0 Å². The fraction of sp³-hybridized carbons (Fsp3) is 0.200. The summed E-state index contributed by atoms with van der Waals surface area (Å²) in [4.78, 5) is 1.19. The molecule has 2 aromatic heterocycles. The lowest BCUT2D eigenvalue weighted by Gasteiger charge is -2.00. The maximum atomic E-state index is 5.91. The molecule has 1 aromatic carbocycles. The number of aromatic nitrogens is 2. The molecule has 0 N–H and O–H groups in total. The lowest BCUT2D eigenvalue weighted by Crippen LogP contribution is -1.83. The highest BCUT2D eigenvalue weighted by molar-refractivity contribution is 7.98. The van der Waals surface area contributed by atoms with Crippen LogP contribution in [0.1, 0.15) is 16.0 Å². The summed E-state index contributed by atoms with van der Waals surface area (Å²) < 4.78 is 6.50. The van der Waals surface area contributed by atoms with Crippen LogP contribution in [0.3, 0.4) is 0 Å². The van der Waals surface area contributed by atoms with Gasteiger partial charge in [-0.05, 0) is 49.2 Å². The van der Waals surface area contributed by atoms with E-state index in [0.29, 0.717) is 11.1 Å². The Bertz CT molecular complexity index is 767. The van der Waals surface area contributed by atoms with E-state index in [4.69, 9.17) is 16.0 Å². The first-order valence-corrected chi connectivity index (χ1v) is 8.58. The van der Waals surface area contributed by atoms with Gasteiger partial charge in [-0.25, -0.2) is 0 Å². The van der Waals surface area contributed by atoms with Gasteiger partial charge in [0, 0.05) is 16.2 Å². The Kier molecular flexibility index (Phi) is 4.33. The van der Waals surface area contributed by atoms with Crippen molar-refractivity contribution >= 4 is 34.7 Å². The molecule has 0 aliphatic rings.